The summed E-state index contributed by atoms with van der Waals surface area (Å²) in [6, 6.07) is 3.09. The fourth-order valence-electron chi connectivity index (χ4n) is 1.66. The van der Waals surface area contributed by atoms with Crippen LogP contribution >= 0.6 is 0 Å². The highest BCUT2D eigenvalue weighted by Gasteiger charge is 2.18. The van der Waals surface area contributed by atoms with Crippen LogP contribution in [0.15, 0.2) is 32.5 Å². The predicted molar refractivity (Wildman–Crippen MR) is 73.9 cm³/mol. The van der Waals surface area contributed by atoms with E-state index in [9.17, 15) is 8.42 Å². The molecular formula is C12H18N4O4S. The number of hydrogen-bond donors (Lipinski definition) is 2. The first kappa shape index (κ1) is 15.7. The molecule has 2 heterocycles. The molecular weight excluding hydrogens is 296 g/mol. The maximum atomic E-state index is 12.0. The summed E-state index contributed by atoms with van der Waals surface area (Å²) in [5.74, 6) is 0.960. The lowest BCUT2D eigenvalue weighted by molar-refractivity contribution is 0.376. The third kappa shape index (κ3) is 4.66. The molecule has 0 aliphatic carbocycles. The van der Waals surface area contributed by atoms with Crippen molar-refractivity contribution in [2.24, 2.45) is 0 Å². The Hall–Kier alpha value is -1.71. The van der Waals surface area contributed by atoms with Gasteiger partial charge in [-0.1, -0.05) is 12.1 Å². The molecule has 0 spiro atoms. The van der Waals surface area contributed by atoms with Gasteiger partial charge in [0.25, 0.3) is 10.0 Å². The van der Waals surface area contributed by atoms with Gasteiger partial charge in [-0.25, -0.2) is 13.1 Å². The van der Waals surface area contributed by atoms with Crippen molar-refractivity contribution < 1.29 is 17.4 Å². The maximum absolute atomic E-state index is 12.0. The van der Waals surface area contributed by atoms with Gasteiger partial charge in [-0.2, -0.15) is 4.98 Å². The van der Waals surface area contributed by atoms with E-state index >= 15 is 0 Å². The van der Waals surface area contributed by atoms with Gasteiger partial charge in [0.1, 0.15) is 5.76 Å². The van der Waals surface area contributed by atoms with Crippen LogP contribution in [0.4, 0.5) is 0 Å². The van der Waals surface area contributed by atoms with Crippen LogP contribution in [-0.2, 0) is 23.0 Å². The molecule has 0 bridgehead atoms. The van der Waals surface area contributed by atoms with Crippen molar-refractivity contribution in [3.63, 3.8) is 0 Å². The van der Waals surface area contributed by atoms with Crippen LogP contribution in [0.3, 0.4) is 0 Å². The summed E-state index contributed by atoms with van der Waals surface area (Å²) in [5, 5.41) is 6.49. The number of nitrogens with zero attached hydrogens (tertiary/aromatic N) is 2. The number of hydrogen-bond acceptors (Lipinski definition) is 7. The van der Waals surface area contributed by atoms with Crippen molar-refractivity contribution in [3.8, 4) is 0 Å². The molecule has 0 amide bonds. The van der Waals surface area contributed by atoms with Crippen molar-refractivity contribution >= 4 is 10.0 Å². The molecule has 0 fully saturated rings. The molecule has 0 atom stereocenters. The summed E-state index contributed by atoms with van der Waals surface area (Å²) < 4.78 is 36.6. The quantitative estimate of drug-likeness (QED) is 0.655. The Morgan fingerprint density at radius 2 is 2.14 bits per heavy atom. The largest absolute Gasteiger partial charge is 0.447 e. The average molecular weight is 314 g/mol. The SMILES string of the molecule is CCCNCc1ccc(S(=O)(=O)NCCc2ncno2)o1. The molecule has 2 aromatic rings. The van der Waals surface area contributed by atoms with Crippen molar-refractivity contribution in [1.29, 1.82) is 0 Å². The van der Waals surface area contributed by atoms with E-state index in [1.54, 1.807) is 6.07 Å². The van der Waals surface area contributed by atoms with E-state index < -0.39 is 10.0 Å². The molecule has 9 heteroatoms. The summed E-state index contributed by atoms with van der Waals surface area (Å²) in [7, 11) is -3.66. The zero-order valence-electron chi connectivity index (χ0n) is 11.7. The highest BCUT2D eigenvalue weighted by atomic mass is 32.2. The molecule has 0 radical (unpaired) electrons. The molecule has 0 saturated carbocycles. The number of aromatic nitrogens is 2. The Labute approximate surface area is 123 Å². The number of rotatable bonds is 9. The number of furan rings is 1. The predicted octanol–water partition coefficient (Wildman–Crippen LogP) is 0.683. The Morgan fingerprint density at radius 3 is 2.86 bits per heavy atom. The molecule has 2 aromatic heterocycles. The third-order valence-electron chi connectivity index (χ3n) is 2.67. The van der Waals surface area contributed by atoms with Gasteiger partial charge in [0.15, 0.2) is 6.33 Å². The van der Waals surface area contributed by atoms with E-state index in [1.165, 1.54) is 12.4 Å². The molecule has 8 nitrogen and oxygen atoms in total. The van der Waals surface area contributed by atoms with Crippen LogP contribution in [0.1, 0.15) is 25.0 Å². The summed E-state index contributed by atoms with van der Waals surface area (Å²) in [6.07, 6.45) is 2.60. The fraction of sp³-hybridized carbons (Fsp3) is 0.500. The van der Waals surface area contributed by atoms with Crippen molar-refractivity contribution in [1.82, 2.24) is 20.2 Å². The van der Waals surface area contributed by atoms with Crippen molar-refractivity contribution in [2.45, 2.75) is 31.4 Å². The Balaban J connectivity index is 1.86. The maximum Gasteiger partial charge on any atom is 0.273 e. The molecule has 21 heavy (non-hydrogen) atoms. The molecule has 0 aliphatic heterocycles. The van der Waals surface area contributed by atoms with E-state index in [-0.39, 0.29) is 11.6 Å². The first-order chi connectivity index (χ1) is 10.1. The van der Waals surface area contributed by atoms with Gasteiger partial charge in [-0.05, 0) is 25.1 Å². The summed E-state index contributed by atoms with van der Waals surface area (Å²) in [4.78, 5) is 3.81. The molecule has 2 rings (SSSR count). The Kier molecular flexibility index (Phi) is 5.48. The van der Waals surface area contributed by atoms with Crippen LogP contribution in [0.25, 0.3) is 0 Å². The monoisotopic (exact) mass is 314 g/mol. The summed E-state index contributed by atoms with van der Waals surface area (Å²) in [6.45, 7) is 3.57. The van der Waals surface area contributed by atoms with E-state index in [1.807, 2.05) is 0 Å². The minimum atomic E-state index is -3.66. The van der Waals surface area contributed by atoms with Crippen LogP contribution < -0.4 is 10.0 Å². The van der Waals surface area contributed by atoms with Gasteiger partial charge in [0.2, 0.25) is 11.0 Å². The first-order valence-corrected chi connectivity index (χ1v) is 8.15. The molecule has 0 unspecified atom stereocenters. The van der Waals surface area contributed by atoms with Crippen LogP contribution in [0.2, 0.25) is 0 Å². The zero-order valence-corrected chi connectivity index (χ0v) is 12.5. The van der Waals surface area contributed by atoms with Crippen LogP contribution in [0.5, 0.6) is 0 Å². The zero-order chi connectivity index (χ0) is 15.1. The van der Waals surface area contributed by atoms with E-state index in [4.69, 9.17) is 8.94 Å². The minimum Gasteiger partial charge on any atom is -0.447 e. The lowest BCUT2D eigenvalue weighted by Crippen LogP contribution is -2.25. The van der Waals surface area contributed by atoms with Crippen molar-refractivity contribution in [3.05, 3.63) is 30.1 Å². The topological polar surface area (TPSA) is 110 Å². The fourth-order valence-corrected chi connectivity index (χ4v) is 2.63. The highest BCUT2D eigenvalue weighted by molar-refractivity contribution is 7.89. The third-order valence-corrected chi connectivity index (χ3v) is 4.00. The second-order valence-electron chi connectivity index (χ2n) is 4.38. The Morgan fingerprint density at radius 1 is 1.29 bits per heavy atom. The van der Waals surface area contributed by atoms with Crippen LogP contribution in [-0.4, -0.2) is 31.6 Å². The number of nitrogens with one attached hydrogen (secondary N) is 2. The first-order valence-electron chi connectivity index (χ1n) is 6.66. The molecule has 2 N–H and O–H groups in total. The lowest BCUT2D eigenvalue weighted by atomic mass is 10.4. The van der Waals surface area contributed by atoms with Gasteiger partial charge < -0.3 is 14.3 Å². The number of sulfonamides is 1. The van der Waals surface area contributed by atoms with E-state index in [0.29, 0.717) is 24.6 Å². The second-order valence-corrected chi connectivity index (χ2v) is 6.08. The van der Waals surface area contributed by atoms with Gasteiger partial charge in [0, 0.05) is 13.0 Å². The van der Waals surface area contributed by atoms with Gasteiger partial charge in [0.05, 0.1) is 6.54 Å². The lowest BCUT2D eigenvalue weighted by Gasteiger charge is -2.02. The molecule has 0 aromatic carbocycles. The molecule has 116 valence electrons. The molecule has 0 saturated heterocycles. The van der Waals surface area contributed by atoms with Gasteiger partial charge in [-0.3, -0.25) is 0 Å². The van der Waals surface area contributed by atoms with Gasteiger partial charge >= 0.3 is 0 Å². The van der Waals surface area contributed by atoms with Gasteiger partial charge in [-0.15, -0.1) is 0 Å². The average Bonchev–Trinajstić information content (AvgIpc) is 3.10. The summed E-state index contributed by atoms with van der Waals surface area (Å²) >= 11 is 0. The standard InChI is InChI=1S/C12H18N4O4S/c1-2-6-13-8-10-3-4-12(19-10)21(17,18)16-7-5-11-14-9-15-20-11/h3-4,9,13,16H,2,5-8H2,1H3. The van der Waals surface area contributed by atoms with Crippen LogP contribution in [0, 0.1) is 0 Å². The molecule has 0 aliphatic rings. The highest BCUT2D eigenvalue weighted by Crippen LogP contribution is 2.13. The summed E-state index contributed by atoms with van der Waals surface area (Å²) in [5.41, 5.74) is 0. The van der Waals surface area contributed by atoms with Crippen molar-refractivity contribution in [2.75, 3.05) is 13.1 Å². The Bertz CT molecular complexity index is 636. The second kappa shape index (κ2) is 7.34. The minimum absolute atomic E-state index is 0.0960. The smallest absolute Gasteiger partial charge is 0.273 e. The van der Waals surface area contributed by atoms with E-state index in [0.717, 1.165) is 13.0 Å². The van der Waals surface area contributed by atoms with E-state index in [2.05, 4.69) is 27.1 Å². The normalized spacial score (nSPS) is 11.9.